The third-order valence-corrected chi connectivity index (χ3v) is 7.46. The second-order valence-corrected chi connectivity index (χ2v) is 10.7. The SMILES string of the molecule is [2H][C@@]1(O)O[C@H](C(O)C(=O)CCC(C)=O)[C@H](OCc2ccccc2)[C@H](OCc2ccccc2)[C@@]1(C)OCc1ccc(OC)cc1. The summed E-state index contributed by atoms with van der Waals surface area (Å²) in [4.78, 5) is 24.6. The van der Waals surface area contributed by atoms with Gasteiger partial charge >= 0.3 is 0 Å². The first-order chi connectivity index (χ1) is 21.0. The topological polar surface area (TPSA) is 121 Å². The lowest BCUT2D eigenvalue weighted by Crippen LogP contribution is -2.69. The minimum absolute atomic E-state index is 0.0353. The first kappa shape index (κ1) is 31.0. The van der Waals surface area contributed by atoms with E-state index in [1.54, 1.807) is 31.4 Å². The van der Waals surface area contributed by atoms with Crippen LogP contribution in [-0.4, -0.2) is 65.2 Å². The number of methoxy groups -OCH3 is 1. The van der Waals surface area contributed by atoms with Gasteiger partial charge in [-0.05, 0) is 42.7 Å². The number of ketones is 2. The number of benzene rings is 3. The summed E-state index contributed by atoms with van der Waals surface area (Å²) < 4.78 is 39.0. The molecule has 0 aromatic heterocycles. The van der Waals surface area contributed by atoms with Crippen molar-refractivity contribution >= 4 is 11.6 Å². The van der Waals surface area contributed by atoms with E-state index in [0.717, 1.165) is 16.7 Å². The molecule has 1 saturated heterocycles. The Labute approximate surface area is 253 Å². The van der Waals surface area contributed by atoms with Crippen molar-refractivity contribution in [2.75, 3.05) is 7.11 Å². The zero-order valence-corrected chi connectivity index (χ0v) is 24.7. The minimum Gasteiger partial charge on any atom is -0.497 e. The van der Waals surface area contributed by atoms with Gasteiger partial charge in [-0.3, -0.25) is 4.79 Å². The average molecular weight is 594 g/mol. The normalized spacial score (nSPS) is 26.3. The standard InChI is InChI=1S/C34H40O9/c1-23(35)14-19-28(36)29(37)30-31(40-20-24-10-6-4-7-11-24)32(41-21-25-12-8-5-9-13-25)34(2,33(38)43-30)42-22-26-15-17-27(39-3)18-16-26/h4-13,15-18,29-33,37-38H,14,19-22H2,1-3H3/t29?,30-,31+,32+,33-,34-/m1/s1/i33D. The highest BCUT2D eigenvalue weighted by molar-refractivity contribution is 5.88. The van der Waals surface area contributed by atoms with E-state index in [2.05, 4.69) is 0 Å². The molecule has 0 spiro atoms. The summed E-state index contributed by atoms with van der Waals surface area (Å²) in [6, 6.07) is 25.7. The third-order valence-electron chi connectivity index (χ3n) is 7.46. The maximum absolute atomic E-state index is 13.0. The molecule has 3 aromatic carbocycles. The van der Waals surface area contributed by atoms with Crippen molar-refractivity contribution in [3.63, 3.8) is 0 Å². The van der Waals surface area contributed by atoms with E-state index < -0.39 is 42.1 Å². The molecule has 9 nitrogen and oxygen atoms in total. The number of carbonyl (C=O) groups excluding carboxylic acids is 2. The van der Waals surface area contributed by atoms with Crippen LogP contribution in [0, 0.1) is 0 Å². The van der Waals surface area contributed by atoms with E-state index in [4.69, 9.17) is 25.1 Å². The van der Waals surface area contributed by atoms with E-state index in [0.29, 0.717) is 5.75 Å². The summed E-state index contributed by atoms with van der Waals surface area (Å²) in [6.45, 7) is 2.90. The molecule has 9 heteroatoms. The molecule has 0 aliphatic carbocycles. The number of hydrogen-bond acceptors (Lipinski definition) is 9. The van der Waals surface area contributed by atoms with Crippen LogP contribution in [0.15, 0.2) is 84.9 Å². The molecule has 0 radical (unpaired) electrons. The maximum atomic E-state index is 13.0. The van der Waals surface area contributed by atoms with Crippen molar-refractivity contribution in [3.05, 3.63) is 102 Å². The number of hydrogen-bond donors (Lipinski definition) is 2. The third kappa shape index (κ3) is 8.57. The van der Waals surface area contributed by atoms with Crippen LogP contribution < -0.4 is 4.74 Å². The van der Waals surface area contributed by atoms with E-state index in [-0.39, 0.29) is 38.4 Å². The second kappa shape index (κ2) is 15.3. The van der Waals surface area contributed by atoms with Crippen LogP contribution in [0.1, 0.15) is 44.8 Å². The molecule has 0 saturated carbocycles. The predicted molar refractivity (Wildman–Crippen MR) is 158 cm³/mol. The van der Waals surface area contributed by atoms with Gasteiger partial charge in [0.05, 0.1) is 28.3 Å². The Morgan fingerprint density at radius 3 is 2.00 bits per heavy atom. The molecule has 4 rings (SSSR count). The lowest BCUT2D eigenvalue weighted by Gasteiger charge is -2.51. The summed E-state index contributed by atoms with van der Waals surface area (Å²) >= 11 is 0. The van der Waals surface area contributed by atoms with Crippen LogP contribution in [0.5, 0.6) is 5.75 Å². The van der Waals surface area contributed by atoms with Crippen molar-refractivity contribution in [2.45, 2.75) is 82.8 Å². The van der Waals surface area contributed by atoms with Gasteiger partial charge in [-0.2, -0.15) is 0 Å². The molecule has 230 valence electrons. The molecular formula is C34H40O9. The van der Waals surface area contributed by atoms with Gasteiger partial charge < -0.3 is 38.7 Å². The Bertz CT molecular complexity index is 1350. The highest BCUT2D eigenvalue weighted by atomic mass is 16.7. The van der Waals surface area contributed by atoms with Crippen LogP contribution in [0.25, 0.3) is 0 Å². The first-order valence-corrected chi connectivity index (χ1v) is 14.2. The summed E-state index contributed by atoms with van der Waals surface area (Å²) in [5.74, 6) is -0.242. The fourth-order valence-corrected chi connectivity index (χ4v) is 4.86. The smallest absolute Gasteiger partial charge is 0.187 e. The van der Waals surface area contributed by atoms with Crippen LogP contribution in [-0.2, 0) is 48.4 Å². The number of ether oxygens (including phenoxy) is 5. The molecule has 1 aliphatic heterocycles. The summed E-state index contributed by atoms with van der Waals surface area (Å²) in [7, 11) is 1.56. The Kier molecular flexibility index (Phi) is 11.1. The molecule has 1 fully saturated rings. The maximum Gasteiger partial charge on any atom is 0.187 e. The number of carbonyl (C=O) groups is 2. The predicted octanol–water partition coefficient (Wildman–Crippen LogP) is 4.16. The molecule has 1 aliphatic rings. The van der Waals surface area contributed by atoms with E-state index in [1.165, 1.54) is 13.8 Å². The molecular weight excluding hydrogens is 552 g/mol. The van der Waals surface area contributed by atoms with Crippen LogP contribution in [0.4, 0.5) is 0 Å². The molecule has 2 N–H and O–H groups in total. The molecule has 1 unspecified atom stereocenters. The van der Waals surface area contributed by atoms with Crippen LogP contribution in [0.3, 0.4) is 0 Å². The van der Waals surface area contributed by atoms with Crippen molar-refractivity contribution in [1.82, 2.24) is 0 Å². The minimum atomic E-state index is -2.79. The molecule has 0 bridgehead atoms. The monoisotopic (exact) mass is 593 g/mol. The fraction of sp³-hybridized carbons (Fsp3) is 0.412. The number of Topliss-reactive ketones (excluding diaryl/α,β-unsaturated/α-hetero) is 2. The summed E-state index contributed by atoms with van der Waals surface area (Å²) in [5, 5.41) is 22.7. The quantitative estimate of drug-likeness (QED) is 0.268. The van der Waals surface area contributed by atoms with Gasteiger partial charge in [0.25, 0.3) is 0 Å². The van der Waals surface area contributed by atoms with Gasteiger partial charge in [-0.15, -0.1) is 0 Å². The van der Waals surface area contributed by atoms with Gasteiger partial charge in [-0.25, -0.2) is 0 Å². The van der Waals surface area contributed by atoms with Crippen LogP contribution >= 0.6 is 0 Å². The number of aliphatic hydroxyl groups excluding tert-OH is 1. The number of rotatable bonds is 15. The zero-order chi connectivity index (χ0) is 31.7. The molecule has 6 atom stereocenters. The average Bonchev–Trinajstić information content (AvgIpc) is 3.03. The Balaban J connectivity index is 1.71. The highest BCUT2D eigenvalue weighted by Gasteiger charge is 2.58. The van der Waals surface area contributed by atoms with Crippen molar-refractivity contribution in [3.8, 4) is 5.75 Å². The van der Waals surface area contributed by atoms with E-state index in [9.17, 15) is 19.8 Å². The lowest BCUT2D eigenvalue weighted by molar-refractivity contribution is -0.356. The highest BCUT2D eigenvalue weighted by Crippen LogP contribution is 2.38. The Morgan fingerprint density at radius 2 is 1.44 bits per heavy atom. The van der Waals surface area contributed by atoms with Gasteiger partial charge in [-0.1, -0.05) is 72.8 Å². The molecule has 43 heavy (non-hydrogen) atoms. The summed E-state index contributed by atoms with van der Waals surface area (Å²) in [6.07, 6.45) is -8.82. The Hall–Kier alpha value is -3.44. The molecule has 0 amide bonds. The van der Waals surface area contributed by atoms with E-state index >= 15 is 0 Å². The van der Waals surface area contributed by atoms with Gasteiger partial charge in [0.2, 0.25) is 0 Å². The van der Waals surface area contributed by atoms with Gasteiger partial charge in [0, 0.05) is 12.8 Å². The van der Waals surface area contributed by atoms with Crippen molar-refractivity contribution < 1.29 is 44.9 Å². The Morgan fingerprint density at radius 1 is 0.884 bits per heavy atom. The fourth-order valence-electron chi connectivity index (χ4n) is 4.86. The zero-order valence-electron chi connectivity index (χ0n) is 25.7. The van der Waals surface area contributed by atoms with E-state index in [1.807, 2.05) is 60.7 Å². The molecule has 1 heterocycles. The number of aliphatic hydroxyl groups is 2. The second-order valence-electron chi connectivity index (χ2n) is 10.7. The van der Waals surface area contributed by atoms with Gasteiger partial charge in [0.15, 0.2) is 12.0 Å². The van der Waals surface area contributed by atoms with Crippen LogP contribution in [0.2, 0.25) is 0 Å². The van der Waals surface area contributed by atoms with Gasteiger partial charge in [0.1, 0.15) is 41.5 Å². The lowest BCUT2D eigenvalue weighted by atomic mass is 9.84. The van der Waals surface area contributed by atoms with Crippen molar-refractivity contribution in [1.29, 1.82) is 0 Å². The first-order valence-electron chi connectivity index (χ1n) is 14.7. The summed E-state index contributed by atoms with van der Waals surface area (Å²) in [5.41, 5.74) is 0.467. The largest absolute Gasteiger partial charge is 0.497 e. The molecule has 3 aromatic rings. The van der Waals surface area contributed by atoms with Crippen molar-refractivity contribution in [2.24, 2.45) is 0 Å².